The Morgan fingerprint density at radius 1 is 1.06 bits per heavy atom. The van der Waals surface area contributed by atoms with E-state index in [9.17, 15) is 10.2 Å². The molecule has 174 valence electrons. The Morgan fingerprint density at radius 3 is 2.61 bits per heavy atom. The molecule has 6 rings (SSSR count). The van der Waals surface area contributed by atoms with E-state index < -0.39 is 11.4 Å². The van der Waals surface area contributed by atoms with Crippen molar-refractivity contribution in [3.63, 3.8) is 0 Å². The lowest BCUT2D eigenvalue weighted by molar-refractivity contribution is -0.262. The van der Waals surface area contributed by atoms with Gasteiger partial charge in [-0.05, 0) is 92.8 Å². The Hall–Kier alpha value is -0.420. The quantitative estimate of drug-likeness (QED) is 0.585. The average Bonchev–Trinajstić information content (AvgIpc) is 3.32. The SMILES string of the molecule is CC1C2C(CC3C4CC=C5CC(O)CCC5(C)C4CCC32C)OC12CCC(C)(CO)O2. The van der Waals surface area contributed by atoms with Gasteiger partial charge in [0.2, 0.25) is 0 Å². The molecule has 6 aliphatic rings. The fraction of sp³-hybridized carbons (Fsp3) is 0.926. The molecule has 4 aliphatic carbocycles. The first-order valence-corrected chi connectivity index (χ1v) is 13.0. The molecule has 0 aromatic rings. The van der Waals surface area contributed by atoms with Gasteiger partial charge in [-0.3, -0.25) is 0 Å². The normalized spacial score (nSPS) is 60.3. The Balaban J connectivity index is 1.28. The topological polar surface area (TPSA) is 58.9 Å². The smallest absolute Gasteiger partial charge is 0.172 e. The van der Waals surface area contributed by atoms with Crippen molar-refractivity contribution in [2.24, 2.45) is 40.4 Å². The molecule has 4 nitrogen and oxygen atoms in total. The largest absolute Gasteiger partial charge is 0.393 e. The summed E-state index contributed by atoms with van der Waals surface area (Å²) in [6.45, 7) is 9.57. The fourth-order valence-corrected chi connectivity index (χ4v) is 9.79. The van der Waals surface area contributed by atoms with Gasteiger partial charge in [0.25, 0.3) is 0 Å². The molecule has 11 atom stereocenters. The summed E-state index contributed by atoms with van der Waals surface area (Å²) in [5, 5.41) is 20.1. The van der Waals surface area contributed by atoms with Crippen LogP contribution in [0.3, 0.4) is 0 Å². The first-order valence-electron chi connectivity index (χ1n) is 13.0. The molecule has 2 heterocycles. The van der Waals surface area contributed by atoms with E-state index in [0.29, 0.717) is 28.8 Å². The van der Waals surface area contributed by atoms with Crippen LogP contribution in [0, 0.1) is 40.4 Å². The molecule has 2 saturated heterocycles. The van der Waals surface area contributed by atoms with Gasteiger partial charge in [0.15, 0.2) is 5.79 Å². The summed E-state index contributed by atoms with van der Waals surface area (Å²) in [6, 6.07) is 0. The predicted molar refractivity (Wildman–Crippen MR) is 119 cm³/mol. The highest BCUT2D eigenvalue weighted by Crippen LogP contribution is 2.71. The summed E-state index contributed by atoms with van der Waals surface area (Å²) in [6.07, 6.45) is 12.5. The first kappa shape index (κ1) is 21.1. The van der Waals surface area contributed by atoms with Gasteiger partial charge in [0.1, 0.15) is 0 Å². The van der Waals surface area contributed by atoms with E-state index in [2.05, 4.69) is 26.8 Å². The second-order valence-electron chi connectivity index (χ2n) is 12.9. The minimum Gasteiger partial charge on any atom is -0.393 e. The average molecular weight is 431 g/mol. The molecule has 2 aliphatic heterocycles. The van der Waals surface area contributed by atoms with E-state index in [-0.39, 0.29) is 12.7 Å². The standard InChI is InChI=1S/C27H42O4/c1-16-23-22(30-27(16)12-11-24(2,15-28)31-27)14-21-19-6-5-17-13-18(29)7-9-25(17,3)20(19)8-10-26(21,23)4/h5,16,18-23,28-29H,6-15H2,1-4H3. The lowest BCUT2D eigenvalue weighted by Crippen LogP contribution is -2.52. The minimum absolute atomic E-state index is 0.0752. The number of allylic oxidation sites excluding steroid dienone is 1. The summed E-state index contributed by atoms with van der Waals surface area (Å²) < 4.78 is 13.4. The number of fused-ring (bicyclic) bond motifs is 7. The molecule has 0 amide bonds. The zero-order valence-corrected chi connectivity index (χ0v) is 19.9. The third-order valence-electron chi connectivity index (χ3n) is 11.5. The Labute approximate surface area is 187 Å². The molecule has 0 radical (unpaired) electrons. The van der Waals surface area contributed by atoms with E-state index in [4.69, 9.17) is 9.47 Å². The van der Waals surface area contributed by atoms with Gasteiger partial charge in [0, 0.05) is 12.3 Å². The lowest BCUT2D eigenvalue weighted by atomic mass is 9.47. The van der Waals surface area contributed by atoms with Gasteiger partial charge in [-0.1, -0.05) is 32.4 Å². The Morgan fingerprint density at radius 2 is 1.87 bits per heavy atom. The Bertz CT molecular complexity index is 794. The van der Waals surface area contributed by atoms with Crippen LogP contribution in [0.4, 0.5) is 0 Å². The molecule has 4 heteroatoms. The summed E-state index contributed by atoms with van der Waals surface area (Å²) in [4.78, 5) is 0. The summed E-state index contributed by atoms with van der Waals surface area (Å²) >= 11 is 0. The number of hydrogen-bond acceptors (Lipinski definition) is 4. The Kier molecular flexibility index (Phi) is 4.49. The molecular weight excluding hydrogens is 388 g/mol. The van der Waals surface area contributed by atoms with Crippen molar-refractivity contribution < 1.29 is 19.7 Å². The van der Waals surface area contributed by atoms with Crippen LogP contribution in [0.15, 0.2) is 11.6 Å². The van der Waals surface area contributed by atoms with Crippen molar-refractivity contribution in [2.45, 2.75) is 109 Å². The van der Waals surface area contributed by atoms with E-state index in [0.717, 1.165) is 49.9 Å². The van der Waals surface area contributed by atoms with E-state index in [1.807, 2.05) is 6.92 Å². The van der Waals surface area contributed by atoms with Crippen LogP contribution in [0.25, 0.3) is 0 Å². The molecule has 0 bridgehead atoms. The van der Waals surface area contributed by atoms with Crippen molar-refractivity contribution in [3.05, 3.63) is 11.6 Å². The van der Waals surface area contributed by atoms with Crippen molar-refractivity contribution in [2.75, 3.05) is 6.61 Å². The van der Waals surface area contributed by atoms with Crippen LogP contribution in [-0.2, 0) is 9.47 Å². The molecule has 3 saturated carbocycles. The molecular formula is C27H42O4. The van der Waals surface area contributed by atoms with Gasteiger partial charge in [0.05, 0.1) is 24.4 Å². The second kappa shape index (κ2) is 6.58. The van der Waals surface area contributed by atoms with Crippen molar-refractivity contribution in [3.8, 4) is 0 Å². The van der Waals surface area contributed by atoms with E-state index in [1.165, 1.54) is 25.7 Å². The number of aliphatic hydroxyl groups excluding tert-OH is 2. The van der Waals surface area contributed by atoms with Crippen LogP contribution in [0.1, 0.15) is 85.5 Å². The maximum atomic E-state index is 10.3. The minimum atomic E-state index is -0.483. The molecule has 0 aromatic carbocycles. The summed E-state index contributed by atoms with van der Waals surface area (Å²) in [5.74, 6) is 2.71. The van der Waals surface area contributed by atoms with Crippen LogP contribution in [0.2, 0.25) is 0 Å². The highest BCUT2D eigenvalue weighted by molar-refractivity contribution is 5.26. The molecule has 11 unspecified atom stereocenters. The highest BCUT2D eigenvalue weighted by atomic mass is 16.7. The number of ether oxygens (including phenoxy) is 2. The summed E-state index contributed by atoms with van der Waals surface area (Å²) in [7, 11) is 0. The van der Waals surface area contributed by atoms with Crippen LogP contribution in [-0.4, -0.2) is 40.4 Å². The molecule has 0 aromatic heterocycles. The number of hydrogen-bond donors (Lipinski definition) is 2. The lowest BCUT2D eigenvalue weighted by Gasteiger charge is -2.58. The zero-order valence-electron chi connectivity index (χ0n) is 19.9. The van der Waals surface area contributed by atoms with Gasteiger partial charge in [-0.25, -0.2) is 0 Å². The molecule has 5 fully saturated rings. The van der Waals surface area contributed by atoms with Gasteiger partial charge in [-0.15, -0.1) is 0 Å². The van der Waals surface area contributed by atoms with Crippen molar-refractivity contribution in [1.82, 2.24) is 0 Å². The second-order valence-corrected chi connectivity index (χ2v) is 12.9. The van der Waals surface area contributed by atoms with Gasteiger partial charge < -0.3 is 19.7 Å². The predicted octanol–water partition coefficient (Wildman–Crippen LogP) is 4.83. The summed E-state index contributed by atoms with van der Waals surface area (Å²) in [5.41, 5.74) is 1.73. The van der Waals surface area contributed by atoms with Crippen molar-refractivity contribution in [1.29, 1.82) is 0 Å². The van der Waals surface area contributed by atoms with Crippen molar-refractivity contribution >= 4 is 0 Å². The number of aliphatic hydroxyl groups is 2. The van der Waals surface area contributed by atoms with E-state index >= 15 is 0 Å². The molecule has 31 heavy (non-hydrogen) atoms. The monoisotopic (exact) mass is 430 g/mol. The third-order valence-corrected chi connectivity index (χ3v) is 11.5. The third kappa shape index (κ3) is 2.68. The van der Waals surface area contributed by atoms with Crippen LogP contribution < -0.4 is 0 Å². The first-order chi connectivity index (χ1) is 14.6. The number of rotatable bonds is 1. The van der Waals surface area contributed by atoms with Gasteiger partial charge in [-0.2, -0.15) is 0 Å². The fourth-order valence-electron chi connectivity index (χ4n) is 9.79. The maximum Gasteiger partial charge on any atom is 0.172 e. The van der Waals surface area contributed by atoms with Crippen LogP contribution >= 0.6 is 0 Å². The molecule has 1 spiro atoms. The zero-order chi connectivity index (χ0) is 21.8. The van der Waals surface area contributed by atoms with Gasteiger partial charge >= 0.3 is 0 Å². The maximum absolute atomic E-state index is 10.3. The molecule has 2 N–H and O–H groups in total. The highest BCUT2D eigenvalue weighted by Gasteiger charge is 2.70. The van der Waals surface area contributed by atoms with E-state index in [1.54, 1.807) is 5.57 Å². The van der Waals surface area contributed by atoms with Crippen LogP contribution in [0.5, 0.6) is 0 Å².